The van der Waals surface area contributed by atoms with E-state index in [0.29, 0.717) is 5.69 Å². The lowest BCUT2D eigenvalue weighted by Crippen LogP contribution is -2.12. The van der Waals surface area contributed by atoms with Crippen molar-refractivity contribution in [3.8, 4) is 0 Å². The molecule has 0 unspecified atom stereocenters. The molecule has 0 saturated heterocycles. The van der Waals surface area contributed by atoms with Crippen molar-refractivity contribution >= 4 is 35.0 Å². The van der Waals surface area contributed by atoms with Crippen LogP contribution in [0.15, 0.2) is 29.7 Å². The molecule has 0 aliphatic carbocycles. The van der Waals surface area contributed by atoms with Crippen LogP contribution in [0.25, 0.3) is 6.08 Å². The van der Waals surface area contributed by atoms with Crippen LogP contribution in [0.4, 0.5) is 10.1 Å². The highest BCUT2D eigenvalue weighted by Crippen LogP contribution is 2.17. The number of thiazole rings is 1. The van der Waals surface area contributed by atoms with E-state index in [2.05, 4.69) is 10.3 Å². The average molecular weight is 306 g/mol. The van der Waals surface area contributed by atoms with E-state index in [-0.39, 0.29) is 11.3 Å². The van der Waals surface area contributed by atoms with E-state index in [0.717, 1.165) is 23.2 Å². The molecule has 1 heterocycles. The molecule has 2 aromatic rings. The molecule has 0 bridgehead atoms. The van der Waals surface area contributed by atoms with E-state index in [1.165, 1.54) is 23.5 Å². The van der Waals surface area contributed by atoms with Gasteiger partial charge in [-0.2, -0.15) is 0 Å². The second kappa shape index (κ2) is 6.27. The van der Waals surface area contributed by atoms with Gasteiger partial charge in [-0.05, 0) is 31.2 Å². The highest BCUT2D eigenvalue weighted by atomic mass is 32.1. The van der Waals surface area contributed by atoms with Gasteiger partial charge in [0.05, 0.1) is 5.01 Å². The second-order valence-electron chi connectivity index (χ2n) is 4.11. The van der Waals surface area contributed by atoms with Gasteiger partial charge in [-0.15, -0.1) is 11.3 Å². The van der Waals surface area contributed by atoms with E-state index in [1.807, 2.05) is 0 Å². The Morgan fingerprint density at radius 2 is 2.19 bits per heavy atom. The van der Waals surface area contributed by atoms with Crippen molar-refractivity contribution in [2.45, 2.75) is 6.92 Å². The summed E-state index contributed by atoms with van der Waals surface area (Å²) in [6, 6.07) is 3.90. The number of carboxylic acid groups (broad SMARTS) is 1. The van der Waals surface area contributed by atoms with Crippen molar-refractivity contribution in [1.29, 1.82) is 0 Å². The summed E-state index contributed by atoms with van der Waals surface area (Å²) in [5.41, 5.74) is 0.714. The minimum absolute atomic E-state index is 0.0738. The van der Waals surface area contributed by atoms with Crippen LogP contribution in [0, 0.1) is 12.7 Å². The molecule has 0 aliphatic heterocycles. The minimum Gasteiger partial charge on any atom is -0.478 e. The zero-order valence-corrected chi connectivity index (χ0v) is 11.8. The summed E-state index contributed by atoms with van der Waals surface area (Å²) in [5.74, 6) is -2.16. The summed E-state index contributed by atoms with van der Waals surface area (Å²) < 4.78 is 13.5. The Hall–Kier alpha value is -2.54. The molecule has 5 nitrogen and oxygen atoms in total. The van der Waals surface area contributed by atoms with Gasteiger partial charge in [-0.25, -0.2) is 14.2 Å². The maximum Gasteiger partial charge on any atom is 0.328 e. The van der Waals surface area contributed by atoms with Crippen LogP contribution < -0.4 is 5.32 Å². The number of hydrogen-bond donors (Lipinski definition) is 2. The van der Waals surface area contributed by atoms with Gasteiger partial charge in [-0.3, -0.25) is 4.79 Å². The number of nitrogens with one attached hydrogen (secondary N) is 1. The fourth-order valence-corrected chi connectivity index (χ4v) is 2.17. The van der Waals surface area contributed by atoms with Gasteiger partial charge in [0.2, 0.25) is 0 Å². The Morgan fingerprint density at radius 3 is 2.81 bits per heavy atom. The molecule has 7 heteroatoms. The number of aliphatic carboxylic acids is 1. The third-order valence-corrected chi connectivity index (χ3v) is 3.28. The number of carboxylic acids is 1. The second-order valence-corrected chi connectivity index (χ2v) is 5.18. The molecule has 2 rings (SSSR count). The van der Waals surface area contributed by atoms with Crippen molar-refractivity contribution in [3.05, 3.63) is 51.7 Å². The van der Waals surface area contributed by atoms with E-state index >= 15 is 0 Å². The van der Waals surface area contributed by atoms with Crippen LogP contribution in [0.2, 0.25) is 0 Å². The van der Waals surface area contributed by atoms with Crippen LogP contribution in [0.5, 0.6) is 0 Å². The fourth-order valence-electron chi connectivity index (χ4n) is 1.57. The van der Waals surface area contributed by atoms with E-state index in [9.17, 15) is 14.0 Å². The Bertz CT molecular complexity index is 725. The van der Waals surface area contributed by atoms with Crippen LogP contribution in [-0.2, 0) is 4.79 Å². The summed E-state index contributed by atoms with van der Waals surface area (Å²) in [4.78, 5) is 26.4. The van der Waals surface area contributed by atoms with Crippen molar-refractivity contribution in [3.63, 3.8) is 0 Å². The van der Waals surface area contributed by atoms with Gasteiger partial charge < -0.3 is 10.4 Å². The summed E-state index contributed by atoms with van der Waals surface area (Å²) in [5, 5.41) is 13.5. The number of halogens is 1. The quantitative estimate of drug-likeness (QED) is 0.851. The smallest absolute Gasteiger partial charge is 0.328 e. The van der Waals surface area contributed by atoms with Crippen molar-refractivity contribution < 1.29 is 19.1 Å². The molecular formula is C14H11FN2O3S. The molecule has 0 atom stereocenters. The molecule has 0 spiro atoms. The molecular weight excluding hydrogens is 295 g/mol. The summed E-state index contributed by atoms with van der Waals surface area (Å²) in [6.07, 6.45) is 1.95. The lowest BCUT2D eigenvalue weighted by molar-refractivity contribution is -0.131. The number of nitrogens with zero attached hydrogens (tertiary/aromatic N) is 1. The molecule has 0 saturated carbocycles. The molecule has 2 N–H and O–H groups in total. The predicted octanol–water partition coefficient (Wildman–Crippen LogP) is 2.94. The maximum absolute atomic E-state index is 13.5. The Morgan fingerprint density at radius 1 is 1.43 bits per heavy atom. The molecule has 0 fully saturated rings. The van der Waals surface area contributed by atoms with Crippen LogP contribution in [0.3, 0.4) is 0 Å². The molecule has 0 radical (unpaired) electrons. The SMILES string of the molecule is Cc1nc(C(=O)Nc2ccc(F)c(/C=C/C(=O)O)c2)cs1. The number of carbonyl (C=O) groups excluding carboxylic acids is 1. The molecule has 108 valence electrons. The summed E-state index contributed by atoms with van der Waals surface area (Å²) in [6.45, 7) is 1.79. The first kappa shape index (κ1) is 14.9. The highest BCUT2D eigenvalue weighted by Gasteiger charge is 2.10. The first-order valence-electron chi connectivity index (χ1n) is 5.90. The first-order chi connectivity index (χ1) is 9.95. The zero-order chi connectivity index (χ0) is 15.4. The van der Waals surface area contributed by atoms with Gasteiger partial charge in [-0.1, -0.05) is 0 Å². The Labute approximate surface area is 123 Å². The summed E-state index contributed by atoms with van der Waals surface area (Å²) in [7, 11) is 0. The molecule has 0 aliphatic rings. The lowest BCUT2D eigenvalue weighted by Gasteiger charge is -2.05. The number of aromatic nitrogens is 1. The normalized spacial score (nSPS) is 10.8. The van der Waals surface area contributed by atoms with Gasteiger partial charge in [0.25, 0.3) is 5.91 Å². The van der Waals surface area contributed by atoms with Crippen molar-refractivity contribution in [2.75, 3.05) is 5.32 Å². The number of rotatable bonds is 4. The molecule has 1 aromatic heterocycles. The molecule has 1 amide bonds. The van der Waals surface area contributed by atoms with E-state index in [1.54, 1.807) is 12.3 Å². The largest absolute Gasteiger partial charge is 0.478 e. The van der Waals surface area contributed by atoms with Gasteiger partial charge >= 0.3 is 5.97 Å². The van der Waals surface area contributed by atoms with Crippen molar-refractivity contribution in [2.24, 2.45) is 0 Å². The van der Waals surface area contributed by atoms with Crippen LogP contribution >= 0.6 is 11.3 Å². The van der Waals surface area contributed by atoms with Crippen molar-refractivity contribution in [1.82, 2.24) is 4.98 Å². The topological polar surface area (TPSA) is 79.3 Å². The maximum atomic E-state index is 13.5. The number of benzene rings is 1. The standard InChI is InChI=1S/C14H11FN2O3S/c1-8-16-12(7-21-8)14(20)17-10-3-4-11(15)9(6-10)2-5-13(18)19/h2-7H,1H3,(H,17,20)(H,18,19)/b5-2+. The van der Waals surface area contributed by atoms with Gasteiger partial charge in [0.15, 0.2) is 0 Å². The number of aryl methyl sites for hydroxylation is 1. The third kappa shape index (κ3) is 3.96. The predicted molar refractivity (Wildman–Crippen MR) is 77.9 cm³/mol. The first-order valence-corrected chi connectivity index (χ1v) is 6.77. The monoisotopic (exact) mass is 306 g/mol. The highest BCUT2D eigenvalue weighted by molar-refractivity contribution is 7.09. The minimum atomic E-state index is -1.18. The van der Waals surface area contributed by atoms with Gasteiger partial charge in [0, 0.05) is 22.7 Å². The average Bonchev–Trinajstić information content (AvgIpc) is 2.86. The Balaban J connectivity index is 2.19. The Kier molecular flexibility index (Phi) is 4.44. The molecule has 1 aromatic carbocycles. The number of carbonyl (C=O) groups is 2. The van der Waals surface area contributed by atoms with E-state index in [4.69, 9.17) is 5.11 Å². The summed E-state index contributed by atoms with van der Waals surface area (Å²) >= 11 is 1.35. The van der Waals surface area contributed by atoms with E-state index < -0.39 is 17.7 Å². The lowest BCUT2D eigenvalue weighted by atomic mass is 10.1. The van der Waals surface area contributed by atoms with Crippen LogP contribution in [-0.4, -0.2) is 22.0 Å². The number of anilines is 1. The third-order valence-electron chi connectivity index (χ3n) is 2.51. The van der Waals surface area contributed by atoms with Gasteiger partial charge in [0.1, 0.15) is 11.5 Å². The zero-order valence-electron chi connectivity index (χ0n) is 11.0. The molecule has 21 heavy (non-hydrogen) atoms. The number of amides is 1. The fraction of sp³-hybridized carbons (Fsp3) is 0.0714. The van der Waals surface area contributed by atoms with Crippen LogP contribution in [0.1, 0.15) is 21.1 Å². The number of hydrogen-bond acceptors (Lipinski definition) is 4.